The molecule has 0 spiro atoms. The van der Waals surface area contributed by atoms with Gasteiger partial charge in [0.15, 0.2) is 18.6 Å². The Morgan fingerprint density at radius 1 is 1.31 bits per heavy atom. The Labute approximate surface area is 148 Å². The Kier molecular flexibility index (Phi) is 7.19. The lowest BCUT2D eigenvalue weighted by atomic mass is 9.98. The van der Waals surface area contributed by atoms with Crippen LogP contribution in [0, 0.1) is 0 Å². The monoisotopic (exact) mass is 364 g/mol. The summed E-state index contributed by atoms with van der Waals surface area (Å²) in [6, 6.07) is 7.69. The average molecular weight is 364 g/mol. The van der Waals surface area contributed by atoms with Crippen molar-refractivity contribution in [2.45, 2.75) is 44.2 Å². The van der Waals surface area contributed by atoms with E-state index in [9.17, 15) is 9.18 Å². The first-order valence-corrected chi connectivity index (χ1v) is 7.74. The third kappa shape index (κ3) is 5.08. The van der Waals surface area contributed by atoms with Crippen molar-refractivity contribution in [3.8, 4) is 0 Å². The summed E-state index contributed by atoms with van der Waals surface area (Å²) in [5.41, 5.74) is 18.0. The smallest absolute Gasteiger partial charge is 0.303 e. The predicted octanol–water partition coefficient (Wildman–Crippen LogP) is 3.19. The minimum Gasteiger partial charge on any atom is -0.457 e. The molecule has 1 aromatic carbocycles. The van der Waals surface area contributed by atoms with Crippen LogP contribution >= 0.6 is 0 Å². The number of carbonyl (C=O) groups excluding carboxylic acids is 1. The van der Waals surface area contributed by atoms with Crippen LogP contribution in [0.15, 0.2) is 40.6 Å². The van der Waals surface area contributed by atoms with Gasteiger partial charge in [-0.15, -0.1) is 0 Å². The van der Waals surface area contributed by atoms with Crippen LogP contribution in [0.2, 0.25) is 0 Å². The molecule has 0 saturated carbocycles. The highest BCUT2D eigenvalue weighted by atomic mass is 19.1. The minimum atomic E-state index is -1.89. The number of nitrogens with zero attached hydrogens (tertiary/aromatic N) is 6. The molecule has 26 heavy (non-hydrogen) atoms. The highest BCUT2D eigenvalue weighted by Gasteiger charge is 2.48. The normalized spacial score (nSPS) is 27.7. The van der Waals surface area contributed by atoms with Crippen molar-refractivity contribution in [3.63, 3.8) is 0 Å². The van der Waals surface area contributed by atoms with Gasteiger partial charge in [-0.25, -0.2) is 4.39 Å². The van der Waals surface area contributed by atoms with Crippen LogP contribution in [-0.2, 0) is 25.6 Å². The Morgan fingerprint density at radius 3 is 2.65 bits per heavy atom. The Morgan fingerprint density at radius 2 is 2.04 bits per heavy atom. The van der Waals surface area contributed by atoms with Crippen LogP contribution in [0.1, 0.15) is 12.5 Å². The molecule has 1 aliphatic heterocycles. The standard InChI is InChI=1S/C15H17FN6O4/c1-9(23)25-14-11(7-19-21-17)26-15(13(12(14)16)20-22-18)24-8-10-5-3-2-4-6-10/h2-6,11-15H,7-8H2,1H3/t11-,12+,13?,14-,15?/m1/s1. The number of hydrogen-bond donors (Lipinski definition) is 0. The van der Waals surface area contributed by atoms with Gasteiger partial charge in [0.2, 0.25) is 0 Å². The number of halogens is 1. The lowest BCUT2D eigenvalue weighted by Gasteiger charge is -2.40. The molecule has 2 unspecified atom stereocenters. The summed E-state index contributed by atoms with van der Waals surface area (Å²) >= 11 is 0. The lowest BCUT2D eigenvalue weighted by Crippen LogP contribution is -2.57. The third-order valence-corrected chi connectivity index (χ3v) is 3.66. The molecule has 2 rings (SSSR count). The number of ether oxygens (including phenoxy) is 3. The summed E-state index contributed by atoms with van der Waals surface area (Å²) in [4.78, 5) is 16.5. The van der Waals surface area contributed by atoms with Crippen LogP contribution in [0.4, 0.5) is 4.39 Å². The zero-order valence-corrected chi connectivity index (χ0v) is 13.9. The van der Waals surface area contributed by atoms with Gasteiger partial charge in [-0.05, 0) is 16.6 Å². The van der Waals surface area contributed by atoms with Crippen molar-refractivity contribution in [2.24, 2.45) is 10.2 Å². The molecule has 11 heteroatoms. The Balaban J connectivity index is 2.20. The van der Waals surface area contributed by atoms with Crippen molar-refractivity contribution in [1.29, 1.82) is 0 Å². The number of rotatable bonds is 7. The van der Waals surface area contributed by atoms with Crippen molar-refractivity contribution < 1.29 is 23.4 Å². The molecule has 0 N–H and O–H groups in total. The summed E-state index contributed by atoms with van der Waals surface area (Å²) in [7, 11) is 0. The molecule has 0 radical (unpaired) electrons. The van der Waals surface area contributed by atoms with Gasteiger partial charge in [0.05, 0.1) is 13.2 Å². The average Bonchev–Trinajstić information content (AvgIpc) is 2.64. The molecule has 0 aromatic heterocycles. The van der Waals surface area contributed by atoms with E-state index in [1.807, 2.05) is 18.2 Å². The maximum atomic E-state index is 14.9. The molecule has 1 fully saturated rings. The number of carbonyl (C=O) groups is 1. The van der Waals surface area contributed by atoms with Crippen LogP contribution < -0.4 is 0 Å². The van der Waals surface area contributed by atoms with Gasteiger partial charge in [-0.1, -0.05) is 40.6 Å². The van der Waals surface area contributed by atoms with Crippen molar-refractivity contribution in [3.05, 3.63) is 56.8 Å². The van der Waals surface area contributed by atoms with E-state index < -0.39 is 36.7 Å². The molecule has 10 nitrogen and oxygen atoms in total. The largest absolute Gasteiger partial charge is 0.457 e. The summed E-state index contributed by atoms with van der Waals surface area (Å²) in [6.07, 6.45) is -5.57. The van der Waals surface area contributed by atoms with Crippen molar-refractivity contribution in [1.82, 2.24) is 0 Å². The van der Waals surface area contributed by atoms with Gasteiger partial charge in [0, 0.05) is 16.7 Å². The molecule has 1 aliphatic rings. The number of benzene rings is 1. The summed E-state index contributed by atoms with van der Waals surface area (Å²) < 4.78 is 31.0. The quantitative estimate of drug-likeness (QED) is 0.317. The SMILES string of the molecule is CC(=O)O[C@@H]1[C@@H](CN=[N+]=[N-])OC(OCc2ccccc2)C(N=[N+]=[N-])[C@@H]1F. The van der Waals surface area contributed by atoms with Crippen LogP contribution in [0.25, 0.3) is 20.9 Å². The molecule has 0 amide bonds. The maximum absolute atomic E-state index is 14.9. The number of esters is 1. The fourth-order valence-electron chi connectivity index (χ4n) is 2.54. The minimum absolute atomic E-state index is 0.0855. The van der Waals surface area contributed by atoms with Gasteiger partial charge < -0.3 is 14.2 Å². The van der Waals surface area contributed by atoms with Gasteiger partial charge in [0.1, 0.15) is 12.1 Å². The summed E-state index contributed by atoms with van der Waals surface area (Å²) in [5, 5.41) is 6.74. The maximum Gasteiger partial charge on any atom is 0.303 e. The van der Waals surface area contributed by atoms with E-state index in [1.165, 1.54) is 0 Å². The van der Waals surface area contributed by atoms with E-state index in [0.717, 1.165) is 12.5 Å². The third-order valence-electron chi connectivity index (χ3n) is 3.66. The Bertz CT molecular complexity index is 705. The fourth-order valence-corrected chi connectivity index (χ4v) is 2.54. The molecule has 5 atom stereocenters. The summed E-state index contributed by atoms with van der Waals surface area (Å²) in [6.45, 7) is 0.920. The number of azide groups is 2. The predicted molar refractivity (Wildman–Crippen MR) is 87.3 cm³/mol. The zero-order valence-electron chi connectivity index (χ0n) is 13.9. The fraction of sp³-hybridized carbons (Fsp3) is 0.533. The van der Waals surface area contributed by atoms with E-state index in [1.54, 1.807) is 12.1 Å². The van der Waals surface area contributed by atoms with Gasteiger partial charge in [0.25, 0.3) is 0 Å². The molecular formula is C15H17FN6O4. The Hall–Kier alpha value is -2.84. The van der Waals surface area contributed by atoms with E-state index in [4.69, 9.17) is 25.3 Å². The highest BCUT2D eigenvalue weighted by molar-refractivity contribution is 5.66. The molecule has 1 aromatic rings. The second-order valence-corrected chi connectivity index (χ2v) is 5.47. The molecule has 0 bridgehead atoms. The van der Waals surface area contributed by atoms with Gasteiger partial charge in [-0.2, -0.15) is 0 Å². The molecule has 1 saturated heterocycles. The molecule has 1 heterocycles. The lowest BCUT2D eigenvalue weighted by molar-refractivity contribution is -0.255. The van der Waals surface area contributed by atoms with E-state index in [-0.39, 0.29) is 13.2 Å². The molecular weight excluding hydrogens is 347 g/mol. The number of alkyl halides is 1. The number of hydrogen-bond acceptors (Lipinski definition) is 6. The van der Waals surface area contributed by atoms with Crippen molar-refractivity contribution >= 4 is 5.97 Å². The van der Waals surface area contributed by atoms with Crippen LogP contribution in [0.3, 0.4) is 0 Å². The first-order valence-electron chi connectivity index (χ1n) is 7.74. The first kappa shape index (κ1) is 19.5. The van der Waals surface area contributed by atoms with Gasteiger partial charge >= 0.3 is 5.97 Å². The second-order valence-electron chi connectivity index (χ2n) is 5.47. The van der Waals surface area contributed by atoms with Gasteiger partial charge in [-0.3, -0.25) is 4.79 Å². The highest BCUT2D eigenvalue weighted by Crippen LogP contribution is 2.30. The van der Waals surface area contributed by atoms with E-state index >= 15 is 0 Å². The molecule has 0 aliphatic carbocycles. The van der Waals surface area contributed by atoms with E-state index in [0.29, 0.717) is 0 Å². The van der Waals surface area contributed by atoms with Crippen LogP contribution in [-0.4, -0.2) is 43.2 Å². The van der Waals surface area contributed by atoms with Crippen molar-refractivity contribution in [2.75, 3.05) is 6.54 Å². The van der Waals surface area contributed by atoms with E-state index in [2.05, 4.69) is 20.1 Å². The topological polar surface area (TPSA) is 142 Å². The molecule has 138 valence electrons. The second kappa shape index (κ2) is 9.59. The summed E-state index contributed by atoms with van der Waals surface area (Å²) in [5.74, 6) is -0.740. The van der Waals surface area contributed by atoms with Crippen LogP contribution in [0.5, 0.6) is 0 Å². The first-order chi connectivity index (χ1) is 12.6. The zero-order chi connectivity index (χ0) is 18.9.